The van der Waals surface area contributed by atoms with Gasteiger partial charge in [0.15, 0.2) is 0 Å². The van der Waals surface area contributed by atoms with Crippen molar-refractivity contribution in [3.8, 4) is 0 Å². The molecule has 0 aromatic carbocycles. The summed E-state index contributed by atoms with van der Waals surface area (Å²) in [6.45, 7) is 9.88. The zero-order chi connectivity index (χ0) is 17.3. The third-order valence-electron chi connectivity index (χ3n) is 1.63. The molecule has 0 radical (unpaired) electrons. The van der Waals surface area contributed by atoms with Gasteiger partial charge in [0.25, 0.3) is 0 Å². The van der Waals surface area contributed by atoms with Gasteiger partial charge in [-0.25, -0.2) is 0 Å². The van der Waals surface area contributed by atoms with Crippen molar-refractivity contribution >= 4 is 23.7 Å². The SMILES string of the molecule is C=[C-]C.[CH2-]C(O)COC(=O)CSCC(C)C(=O)OC.[O]=[Co]. The van der Waals surface area contributed by atoms with Crippen LogP contribution in [0.3, 0.4) is 0 Å². The number of allylic oxidation sites excluding steroid dienone is 1. The van der Waals surface area contributed by atoms with Crippen molar-refractivity contribution in [3.63, 3.8) is 0 Å². The predicted octanol–water partition coefficient (Wildman–Crippen LogP) is 1.14. The first-order valence-corrected chi connectivity index (χ1v) is 7.36. The van der Waals surface area contributed by atoms with Gasteiger partial charge in [0.2, 0.25) is 0 Å². The first-order chi connectivity index (χ1) is 9.88. The van der Waals surface area contributed by atoms with E-state index in [0.717, 1.165) is 0 Å². The van der Waals surface area contributed by atoms with E-state index in [0.29, 0.717) is 5.75 Å². The van der Waals surface area contributed by atoms with Gasteiger partial charge in [-0.1, -0.05) is 6.92 Å². The molecule has 1 N–H and O–H groups in total. The van der Waals surface area contributed by atoms with Crippen LogP contribution in [0.25, 0.3) is 0 Å². The topological polar surface area (TPSA) is 89.9 Å². The molecule has 0 spiro atoms. The molecule has 0 amide bonds. The van der Waals surface area contributed by atoms with Crippen LogP contribution in [0, 0.1) is 18.9 Å². The van der Waals surface area contributed by atoms with Crippen molar-refractivity contribution in [2.24, 2.45) is 5.92 Å². The molecule has 0 aliphatic heterocycles. The van der Waals surface area contributed by atoms with E-state index in [9.17, 15) is 9.59 Å². The monoisotopic (exact) mass is 365 g/mol. The predicted molar refractivity (Wildman–Crippen MR) is 76.1 cm³/mol. The Labute approximate surface area is 138 Å². The minimum atomic E-state index is -0.900. The molecule has 6 nitrogen and oxygen atoms in total. The van der Waals surface area contributed by atoms with Crippen molar-refractivity contribution in [1.82, 2.24) is 0 Å². The van der Waals surface area contributed by atoms with Gasteiger partial charge in [0.05, 0.1) is 25.4 Å². The molecule has 2 unspecified atom stereocenters. The summed E-state index contributed by atoms with van der Waals surface area (Å²) in [6, 6.07) is 0. The summed E-state index contributed by atoms with van der Waals surface area (Å²) in [5.74, 6) is -0.331. The Morgan fingerprint density at radius 1 is 1.48 bits per heavy atom. The van der Waals surface area contributed by atoms with Crippen LogP contribution in [0.15, 0.2) is 6.58 Å². The van der Waals surface area contributed by atoms with Crippen LogP contribution in [-0.4, -0.2) is 48.4 Å². The number of aliphatic hydroxyl groups excluding tert-OH is 1. The summed E-state index contributed by atoms with van der Waals surface area (Å²) < 4.78 is 17.2. The molecular formula is C13H22CoO6S-2. The molecule has 0 saturated heterocycles. The van der Waals surface area contributed by atoms with E-state index < -0.39 is 12.1 Å². The van der Waals surface area contributed by atoms with E-state index in [2.05, 4.69) is 44.7 Å². The van der Waals surface area contributed by atoms with Crippen molar-refractivity contribution in [2.45, 2.75) is 20.0 Å². The number of esters is 2. The van der Waals surface area contributed by atoms with Gasteiger partial charge in [-0.2, -0.15) is 6.92 Å². The maximum absolute atomic E-state index is 11.1. The molecule has 0 heterocycles. The normalized spacial score (nSPS) is 11.5. The summed E-state index contributed by atoms with van der Waals surface area (Å²) >= 11 is 3.60. The van der Waals surface area contributed by atoms with Crippen LogP contribution < -0.4 is 0 Å². The van der Waals surface area contributed by atoms with E-state index in [-0.39, 0.29) is 24.2 Å². The van der Waals surface area contributed by atoms with Crippen LogP contribution >= 0.6 is 11.8 Å². The second-order valence-corrected chi connectivity index (χ2v) is 4.66. The number of hydrogen-bond donors (Lipinski definition) is 1. The molecule has 0 aromatic rings. The molecule has 8 heteroatoms. The average Bonchev–Trinajstić information content (AvgIpc) is 2.47. The first-order valence-electron chi connectivity index (χ1n) is 5.78. The number of thioether (sulfide) groups is 1. The molecule has 2 atom stereocenters. The van der Waals surface area contributed by atoms with Crippen LogP contribution in [0.1, 0.15) is 13.8 Å². The number of carbonyl (C=O) groups is 2. The fourth-order valence-electron chi connectivity index (χ4n) is 0.819. The molecular weight excluding hydrogens is 343 g/mol. The van der Waals surface area contributed by atoms with Gasteiger partial charge in [0, 0.05) is 5.75 Å². The van der Waals surface area contributed by atoms with Gasteiger partial charge in [-0.05, 0) is 6.10 Å². The number of carbonyl (C=O) groups excluding carboxylic acids is 2. The summed E-state index contributed by atoms with van der Waals surface area (Å²) in [7, 11) is 1.33. The Morgan fingerprint density at radius 2 is 1.95 bits per heavy atom. The van der Waals surface area contributed by atoms with Crippen molar-refractivity contribution < 1.29 is 43.7 Å². The number of rotatable bonds is 7. The maximum atomic E-state index is 11.1. The van der Waals surface area contributed by atoms with Gasteiger partial charge in [-0.15, -0.1) is 11.8 Å². The van der Waals surface area contributed by atoms with Crippen molar-refractivity contribution in [3.05, 3.63) is 19.6 Å². The van der Waals surface area contributed by atoms with E-state index in [1.807, 2.05) is 0 Å². The molecule has 0 rings (SSSR count). The van der Waals surface area contributed by atoms with Gasteiger partial charge < -0.3 is 27.6 Å². The third kappa shape index (κ3) is 21.7. The Morgan fingerprint density at radius 3 is 2.33 bits per heavy atom. The quantitative estimate of drug-likeness (QED) is 0.534. The van der Waals surface area contributed by atoms with Gasteiger partial charge in [0.1, 0.15) is 0 Å². The van der Waals surface area contributed by atoms with E-state index in [1.165, 1.54) is 18.9 Å². The Hall–Kier alpha value is -0.704. The van der Waals surface area contributed by atoms with Gasteiger partial charge >= 0.3 is 31.5 Å². The second-order valence-electron chi connectivity index (χ2n) is 3.63. The Balaban J connectivity index is -0.000000569. The average molecular weight is 365 g/mol. The van der Waals surface area contributed by atoms with Gasteiger partial charge in [-0.3, -0.25) is 16.2 Å². The van der Waals surface area contributed by atoms with Crippen molar-refractivity contribution in [1.29, 1.82) is 0 Å². The number of hydrogen-bond acceptors (Lipinski definition) is 7. The van der Waals surface area contributed by atoms with E-state index in [1.54, 1.807) is 13.8 Å². The Bertz CT molecular complexity index is 286. The second kappa shape index (κ2) is 19.3. The molecule has 0 aromatic heterocycles. The van der Waals surface area contributed by atoms with E-state index >= 15 is 0 Å². The molecule has 0 aliphatic carbocycles. The number of methoxy groups -OCH3 is 1. The summed E-state index contributed by atoms with van der Waals surface area (Å²) in [5.41, 5.74) is 0. The molecule has 0 aliphatic rings. The number of ether oxygens (including phenoxy) is 2. The third-order valence-corrected chi connectivity index (χ3v) is 2.80. The fraction of sp³-hybridized carbons (Fsp3) is 0.615. The summed E-state index contributed by atoms with van der Waals surface area (Å²) in [4.78, 5) is 22.1. The first kappa shape index (κ1) is 25.3. The molecule has 0 saturated carbocycles. The number of aliphatic hydroxyl groups is 1. The molecule has 127 valence electrons. The van der Waals surface area contributed by atoms with Crippen LogP contribution in [0.4, 0.5) is 0 Å². The molecule has 0 fully saturated rings. The van der Waals surface area contributed by atoms with E-state index in [4.69, 9.17) is 8.97 Å². The fourth-order valence-corrected chi connectivity index (χ4v) is 1.68. The van der Waals surface area contributed by atoms with Crippen molar-refractivity contribution in [2.75, 3.05) is 25.2 Å². The summed E-state index contributed by atoms with van der Waals surface area (Å²) in [5, 5.41) is 8.76. The Kier molecular flexibility index (Phi) is 23.2. The summed E-state index contributed by atoms with van der Waals surface area (Å²) in [6.07, 6.45) is 1.60. The van der Waals surface area contributed by atoms with Crippen LogP contribution in [0.5, 0.6) is 0 Å². The molecule has 21 heavy (non-hydrogen) atoms. The zero-order valence-corrected chi connectivity index (χ0v) is 14.3. The van der Waals surface area contributed by atoms with Crippen LogP contribution in [-0.2, 0) is 38.6 Å². The molecule has 0 bridgehead atoms. The zero-order valence-electron chi connectivity index (χ0n) is 12.4. The standard InChI is InChI=1S/C10H17O5S.C3H5.Co.O/c1-7(10(13)14-3)5-16-6-9(12)15-4-8(2)11;1-3-2;;/h7-8,11H,2,4-6H2,1,3H3;1H2,2H3;;/q2*-1;;. The van der Waals surface area contributed by atoms with Crippen LogP contribution in [0.2, 0.25) is 0 Å². The minimum absolute atomic E-state index is 0.105.